The molecule has 0 unspecified atom stereocenters. The van der Waals surface area contributed by atoms with E-state index in [1.54, 1.807) is 0 Å². The van der Waals surface area contributed by atoms with Crippen LogP contribution in [0, 0.1) is 0 Å². The van der Waals surface area contributed by atoms with E-state index >= 15 is 0 Å². The van der Waals surface area contributed by atoms with Crippen LogP contribution in [0.15, 0.2) is 69.6 Å². The van der Waals surface area contributed by atoms with Crippen molar-refractivity contribution < 1.29 is 0 Å². The van der Waals surface area contributed by atoms with Crippen molar-refractivity contribution in [1.82, 2.24) is 10.2 Å². The maximum absolute atomic E-state index is 4.44. The van der Waals surface area contributed by atoms with Gasteiger partial charge in [0.15, 0.2) is 0 Å². The fourth-order valence-corrected chi connectivity index (χ4v) is 4.14. The summed E-state index contributed by atoms with van der Waals surface area (Å²) in [6, 6.07) is 21.1. The van der Waals surface area contributed by atoms with Gasteiger partial charge in [0.2, 0.25) is 0 Å². The molecule has 0 spiro atoms. The number of nitrogens with zero attached hydrogens (tertiary/aromatic N) is 2. The zero-order valence-corrected chi connectivity index (χ0v) is 15.6. The average molecular weight is 438 g/mol. The minimum absolute atomic E-state index is 0.924. The van der Waals surface area contributed by atoms with Gasteiger partial charge < -0.3 is 0 Å². The molecule has 4 aromatic carbocycles. The van der Waals surface area contributed by atoms with Crippen LogP contribution in [0.2, 0.25) is 0 Å². The molecule has 0 aliphatic rings. The van der Waals surface area contributed by atoms with Gasteiger partial charge in [-0.1, -0.05) is 56.1 Å². The summed E-state index contributed by atoms with van der Waals surface area (Å²) in [4.78, 5) is 0. The Hall–Kier alpha value is -2.04. The van der Waals surface area contributed by atoms with E-state index in [4.69, 9.17) is 0 Å². The minimum Gasteiger partial charge on any atom is -0.150 e. The first-order chi connectivity index (χ1) is 11.7. The van der Waals surface area contributed by atoms with Gasteiger partial charge in [0, 0.05) is 19.7 Å². The van der Waals surface area contributed by atoms with Gasteiger partial charge in [-0.15, -0.1) is 10.2 Å². The van der Waals surface area contributed by atoms with Gasteiger partial charge in [-0.05, 0) is 57.9 Å². The molecular formula is C20H10Br2N2. The van der Waals surface area contributed by atoms with Crippen molar-refractivity contribution in [3.8, 4) is 0 Å². The maximum Gasteiger partial charge on any atom is 0.0942 e. The van der Waals surface area contributed by atoms with Crippen molar-refractivity contribution in [3.05, 3.63) is 69.6 Å². The lowest BCUT2D eigenvalue weighted by molar-refractivity contribution is 1.12. The molecule has 0 saturated heterocycles. The SMILES string of the molecule is Brc1ccc2c(ccc3nnc4ccc5cc(Br)ccc5c4c32)c1. The van der Waals surface area contributed by atoms with E-state index in [1.807, 2.05) is 12.1 Å². The highest BCUT2D eigenvalue weighted by Gasteiger charge is 2.11. The first-order valence-corrected chi connectivity index (χ1v) is 9.16. The van der Waals surface area contributed by atoms with Crippen LogP contribution < -0.4 is 0 Å². The van der Waals surface area contributed by atoms with Crippen molar-refractivity contribution in [3.63, 3.8) is 0 Å². The molecule has 0 N–H and O–H groups in total. The van der Waals surface area contributed by atoms with E-state index in [1.165, 1.54) is 21.5 Å². The lowest BCUT2D eigenvalue weighted by Gasteiger charge is -2.10. The van der Waals surface area contributed by atoms with Crippen LogP contribution in [0.5, 0.6) is 0 Å². The highest BCUT2D eigenvalue weighted by Crippen LogP contribution is 2.35. The van der Waals surface area contributed by atoms with Crippen molar-refractivity contribution in [2.45, 2.75) is 0 Å². The van der Waals surface area contributed by atoms with E-state index < -0.39 is 0 Å². The molecule has 5 rings (SSSR count). The first kappa shape index (κ1) is 14.3. The molecule has 0 fully saturated rings. The van der Waals surface area contributed by atoms with Gasteiger partial charge in [0.05, 0.1) is 11.0 Å². The van der Waals surface area contributed by atoms with Gasteiger partial charge in [0.25, 0.3) is 0 Å². The molecule has 0 bridgehead atoms. The van der Waals surface area contributed by atoms with Crippen LogP contribution >= 0.6 is 31.9 Å². The third kappa shape index (κ3) is 2.06. The quantitative estimate of drug-likeness (QED) is 0.254. The number of hydrogen-bond donors (Lipinski definition) is 0. The molecule has 2 nitrogen and oxygen atoms in total. The summed E-state index contributed by atoms with van der Waals surface area (Å²) in [6.45, 7) is 0. The van der Waals surface area contributed by atoms with Crippen LogP contribution in [0.4, 0.5) is 0 Å². The predicted octanol–water partition coefficient (Wildman–Crippen LogP) is 6.61. The van der Waals surface area contributed by atoms with Gasteiger partial charge in [-0.2, -0.15) is 0 Å². The number of benzene rings is 4. The molecule has 0 aliphatic heterocycles. The van der Waals surface area contributed by atoms with E-state index in [0.717, 1.165) is 30.8 Å². The lowest BCUT2D eigenvalue weighted by atomic mass is 9.98. The van der Waals surface area contributed by atoms with Gasteiger partial charge in [-0.25, -0.2) is 0 Å². The molecule has 1 aromatic heterocycles. The minimum atomic E-state index is 0.924. The van der Waals surface area contributed by atoms with E-state index in [0.29, 0.717) is 0 Å². The summed E-state index contributed by atoms with van der Waals surface area (Å²) < 4.78 is 2.16. The Morgan fingerprint density at radius 3 is 1.46 bits per heavy atom. The maximum atomic E-state index is 4.44. The Bertz CT molecular complexity index is 1180. The predicted molar refractivity (Wildman–Crippen MR) is 107 cm³/mol. The van der Waals surface area contributed by atoms with Crippen LogP contribution in [-0.2, 0) is 0 Å². The van der Waals surface area contributed by atoms with Crippen LogP contribution in [-0.4, -0.2) is 10.2 Å². The van der Waals surface area contributed by atoms with E-state index in [2.05, 4.69) is 90.6 Å². The molecule has 0 aliphatic carbocycles. The molecule has 0 atom stereocenters. The highest BCUT2D eigenvalue weighted by atomic mass is 79.9. The van der Waals surface area contributed by atoms with Crippen LogP contribution in [0.25, 0.3) is 43.4 Å². The number of aromatic nitrogens is 2. The third-order valence-corrected chi connectivity index (χ3v) is 5.42. The lowest BCUT2D eigenvalue weighted by Crippen LogP contribution is -1.90. The summed E-state index contributed by atoms with van der Waals surface area (Å²) in [6.07, 6.45) is 0. The second-order valence-corrected chi connectivity index (χ2v) is 7.68. The second kappa shape index (κ2) is 5.23. The number of hydrogen-bond acceptors (Lipinski definition) is 2. The van der Waals surface area contributed by atoms with Crippen molar-refractivity contribution >= 4 is 75.2 Å². The van der Waals surface area contributed by atoms with Crippen molar-refractivity contribution in [2.24, 2.45) is 0 Å². The fourth-order valence-electron chi connectivity index (χ4n) is 3.38. The molecule has 0 saturated carbocycles. The average Bonchev–Trinajstić information content (AvgIpc) is 2.60. The van der Waals surface area contributed by atoms with Crippen LogP contribution in [0.1, 0.15) is 0 Å². The number of halogens is 2. The first-order valence-electron chi connectivity index (χ1n) is 7.57. The van der Waals surface area contributed by atoms with Gasteiger partial charge in [0.1, 0.15) is 0 Å². The summed E-state index contributed by atoms with van der Waals surface area (Å²) in [5.41, 5.74) is 1.85. The third-order valence-electron chi connectivity index (χ3n) is 4.44. The topological polar surface area (TPSA) is 25.8 Å². The molecule has 1 heterocycles. The number of fused-ring (bicyclic) bond motifs is 7. The Morgan fingerprint density at radius 1 is 0.542 bits per heavy atom. The smallest absolute Gasteiger partial charge is 0.0942 e. The summed E-state index contributed by atoms with van der Waals surface area (Å²) >= 11 is 7.12. The van der Waals surface area contributed by atoms with Gasteiger partial charge in [-0.3, -0.25) is 0 Å². The Labute approximate surface area is 154 Å². The second-order valence-electron chi connectivity index (χ2n) is 5.85. The van der Waals surface area contributed by atoms with Crippen molar-refractivity contribution in [2.75, 3.05) is 0 Å². The Kier molecular flexibility index (Phi) is 3.12. The molecule has 24 heavy (non-hydrogen) atoms. The molecular weight excluding hydrogens is 428 g/mol. The Balaban J connectivity index is 2.12. The fraction of sp³-hybridized carbons (Fsp3) is 0. The normalized spacial score (nSPS) is 11.8. The molecule has 5 aromatic rings. The summed E-state index contributed by atoms with van der Waals surface area (Å²) in [5, 5.41) is 16.0. The van der Waals surface area contributed by atoms with Gasteiger partial charge >= 0.3 is 0 Å². The molecule has 4 heteroatoms. The van der Waals surface area contributed by atoms with E-state index in [9.17, 15) is 0 Å². The standard InChI is InChI=1S/C20H10Br2N2/c21-13-3-5-15-11(9-13)1-7-17-19(15)20-16-6-4-14(22)10-12(16)2-8-18(20)24-23-17/h1-10H. The summed E-state index contributed by atoms with van der Waals surface area (Å²) in [5.74, 6) is 0. The monoisotopic (exact) mass is 436 g/mol. The molecule has 114 valence electrons. The summed E-state index contributed by atoms with van der Waals surface area (Å²) in [7, 11) is 0. The molecule has 0 radical (unpaired) electrons. The number of rotatable bonds is 0. The van der Waals surface area contributed by atoms with Crippen LogP contribution in [0.3, 0.4) is 0 Å². The Morgan fingerprint density at radius 2 is 1.00 bits per heavy atom. The highest BCUT2D eigenvalue weighted by molar-refractivity contribution is 9.10. The zero-order valence-electron chi connectivity index (χ0n) is 12.4. The largest absolute Gasteiger partial charge is 0.150 e. The van der Waals surface area contributed by atoms with Crippen molar-refractivity contribution in [1.29, 1.82) is 0 Å². The van der Waals surface area contributed by atoms with E-state index in [-0.39, 0.29) is 0 Å². The molecule has 0 amide bonds. The zero-order chi connectivity index (χ0) is 16.3.